The van der Waals surface area contributed by atoms with Crippen molar-refractivity contribution in [1.82, 2.24) is 31.9 Å². The fourth-order valence-electron chi connectivity index (χ4n) is 7.38. The van der Waals surface area contributed by atoms with Gasteiger partial charge in [-0.15, -0.1) is 0 Å². The largest absolute Gasteiger partial charge is 0.378 e. The number of amides is 6. The Kier molecular flexibility index (Phi) is 29.0. The van der Waals surface area contributed by atoms with Crippen molar-refractivity contribution in [3.8, 4) is 0 Å². The molecule has 12 N–H and O–H groups in total. The normalized spacial score (nSPS) is 12.0. The summed E-state index contributed by atoms with van der Waals surface area (Å²) in [6.45, 7) is 5.09. The van der Waals surface area contributed by atoms with Crippen molar-refractivity contribution >= 4 is 77.1 Å². The van der Waals surface area contributed by atoms with Crippen molar-refractivity contribution in [3.63, 3.8) is 0 Å². The van der Waals surface area contributed by atoms with Gasteiger partial charge < -0.3 is 46.1 Å². The monoisotopic (exact) mass is 1210 g/mol. The molecular weight excluding hydrogens is 1130 g/mol. The molecule has 0 aliphatic carbocycles. The number of Topliss-reactive ketones (excluding diaryl/α,β-unsaturated/α-hetero) is 2. The third-order valence-corrected chi connectivity index (χ3v) is 14.9. The maximum atomic E-state index is 13.6. The Morgan fingerprint density at radius 3 is 1.10 bits per heavy atom. The van der Waals surface area contributed by atoms with E-state index >= 15 is 0 Å². The highest BCUT2D eigenvalue weighted by Gasteiger charge is 2.34. The van der Waals surface area contributed by atoms with Gasteiger partial charge >= 0.3 is 0 Å². The van der Waals surface area contributed by atoms with Crippen LogP contribution in [-0.4, -0.2) is 150 Å². The van der Waals surface area contributed by atoms with Gasteiger partial charge in [0.25, 0.3) is 11.8 Å². The highest BCUT2D eigenvalue weighted by atomic mass is 32.2. The second-order valence-corrected chi connectivity index (χ2v) is 24.8. The SMILES string of the molecule is CC(C)(C)C(=O)CCCC(=O)NC(COCCC(=O)NCCCCC(=O)c1ccc(S(N)(=O)=O)cc1)(COCCC(=O)NCCCNC(=O)c1ccc(S(N)(=O)=O)cc1)COCCC(=O)NCCCNC(=O)c1ccc(S(N)(=O)=O)cc1. The van der Waals surface area contributed by atoms with Crippen LogP contribution in [0.2, 0.25) is 0 Å². The van der Waals surface area contributed by atoms with E-state index in [-0.39, 0.29) is 161 Å². The number of sulfonamides is 3. The number of hydrogen-bond acceptors (Lipinski definition) is 17. The highest BCUT2D eigenvalue weighted by Crippen LogP contribution is 2.19. The van der Waals surface area contributed by atoms with Gasteiger partial charge in [0.1, 0.15) is 11.3 Å². The third kappa shape index (κ3) is 27.5. The summed E-state index contributed by atoms with van der Waals surface area (Å²) in [7, 11) is -11.8. The zero-order chi connectivity index (χ0) is 61.0. The molecule has 0 spiro atoms. The molecule has 0 atom stereocenters. The number of ketones is 2. The van der Waals surface area contributed by atoms with E-state index in [1.165, 1.54) is 72.8 Å². The van der Waals surface area contributed by atoms with Crippen LogP contribution in [0, 0.1) is 5.41 Å². The van der Waals surface area contributed by atoms with Crippen LogP contribution in [0.15, 0.2) is 87.5 Å². The van der Waals surface area contributed by atoms with Gasteiger partial charge in [-0.25, -0.2) is 40.7 Å². The van der Waals surface area contributed by atoms with E-state index in [1.807, 2.05) is 0 Å². The Labute approximate surface area is 479 Å². The smallest absolute Gasteiger partial charge is 0.251 e. The molecule has 0 aliphatic rings. The van der Waals surface area contributed by atoms with Gasteiger partial charge in [-0.05, 0) is 92.8 Å². The lowest BCUT2D eigenvalue weighted by molar-refractivity contribution is -0.131. The minimum Gasteiger partial charge on any atom is -0.378 e. The number of unbranched alkanes of at least 4 members (excludes halogenated alkanes) is 1. The summed E-state index contributed by atoms with van der Waals surface area (Å²) >= 11 is 0. The molecule has 3 aromatic rings. The minimum absolute atomic E-state index is 0.0420. The standard InChI is InChI=1S/C53H77N9O17S3/c1-52(2,3)45(64)10-6-11-49(68)62-53(35-77-32-24-46(65)57-27-5-4-9-44(63)38-12-18-41(19-13-38)80(54,71)72,36-78-33-25-47(66)58-28-7-30-60-50(69)39-14-20-42(21-15-39)81(55,73)74)37-79-34-26-48(67)59-29-8-31-61-51(70)40-16-22-43(23-17-40)82(56,75)76/h12-23H,4-11,24-37H2,1-3H3,(H,57,65)(H,58,66)(H,59,67)(H,60,69)(H,61,70)(H,62,68)(H2,54,71,72)(H2,55,73,74)(H2,56,75,76). The number of nitrogens with one attached hydrogen (secondary N) is 6. The molecular formula is C53H77N9O17S3. The molecule has 454 valence electrons. The Morgan fingerprint density at radius 2 is 0.744 bits per heavy atom. The molecule has 26 nitrogen and oxygen atoms in total. The van der Waals surface area contributed by atoms with E-state index in [9.17, 15) is 63.6 Å². The average Bonchev–Trinajstić information content (AvgIpc) is 3.44. The van der Waals surface area contributed by atoms with Crippen LogP contribution in [0.3, 0.4) is 0 Å². The van der Waals surface area contributed by atoms with Gasteiger partial charge in [-0.1, -0.05) is 32.9 Å². The van der Waals surface area contributed by atoms with E-state index in [2.05, 4.69) is 31.9 Å². The Balaban J connectivity index is 1.59. The molecule has 0 aliphatic heterocycles. The summed E-state index contributed by atoms with van der Waals surface area (Å²) in [5.41, 5.74) is -1.33. The summed E-state index contributed by atoms with van der Waals surface area (Å²) in [6, 6.07) is 15.4. The maximum Gasteiger partial charge on any atom is 0.251 e. The lowest BCUT2D eigenvalue weighted by atomic mass is 9.88. The number of ether oxygens (including phenoxy) is 3. The van der Waals surface area contributed by atoms with E-state index in [0.717, 1.165) is 0 Å². The number of benzene rings is 3. The van der Waals surface area contributed by atoms with Gasteiger partial charge in [0.15, 0.2) is 5.78 Å². The minimum atomic E-state index is -3.93. The molecule has 0 fully saturated rings. The number of rotatable bonds is 39. The van der Waals surface area contributed by atoms with E-state index in [0.29, 0.717) is 31.2 Å². The zero-order valence-electron chi connectivity index (χ0n) is 46.4. The molecule has 29 heteroatoms. The molecule has 0 unspecified atom stereocenters. The topological polar surface area (TPSA) is 417 Å². The predicted octanol–water partition coefficient (Wildman–Crippen LogP) is 0.831. The van der Waals surface area contributed by atoms with Crippen LogP contribution in [0.25, 0.3) is 0 Å². The van der Waals surface area contributed by atoms with Gasteiger partial charge in [0.05, 0.1) is 54.3 Å². The lowest BCUT2D eigenvalue weighted by Crippen LogP contribution is -2.58. The Bertz CT molecular complexity index is 2690. The molecule has 6 amide bonds. The zero-order valence-corrected chi connectivity index (χ0v) is 48.8. The van der Waals surface area contributed by atoms with Crippen molar-refractivity contribution in [1.29, 1.82) is 0 Å². The lowest BCUT2D eigenvalue weighted by Gasteiger charge is -2.34. The van der Waals surface area contributed by atoms with Crippen molar-refractivity contribution in [2.24, 2.45) is 20.8 Å². The van der Waals surface area contributed by atoms with Gasteiger partial charge in [0, 0.05) is 93.4 Å². The van der Waals surface area contributed by atoms with Gasteiger partial charge in [-0.3, -0.25) is 38.4 Å². The number of primary sulfonamides is 3. The first-order chi connectivity index (χ1) is 38.5. The molecule has 0 aromatic heterocycles. The summed E-state index contributed by atoms with van der Waals surface area (Å²) < 4.78 is 87.0. The fourth-order valence-corrected chi connectivity index (χ4v) is 8.93. The van der Waals surface area contributed by atoms with Crippen LogP contribution in [0.1, 0.15) is 122 Å². The van der Waals surface area contributed by atoms with E-state index < -0.39 is 70.6 Å². The Morgan fingerprint density at radius 1 is 0.402 bits per heavy atom. The Hall–Kier alpha value is -6.57. The molecule has 3 rings (SSSR count). The maximum absolute atomic E-state index is 13.6. The van der Waals surface area contributed by atoms with Crippen LogP contribution >= 0.6 is 0 Å². The molecule has 0 saturated heterocycles. The van der Waals surface area contributed by atoms with E-state index in [1.54, 1.807) is 20.8 Å². The molecule has 0 saturated carbocycles. The van der Waals surface area contributed by atoms with Crippen molar-refractivity contribution in [2.45, 2.75) is 112 Å². The van der Waals surface area contributed by atoms with Crippen LogP contribution in [0.4, 0.5) is 0 Å². The van der Waals surface area contributed by atoms with Crippen molar-refractivity contribution in [3.05, 3.63) is 89.5 Å². The number of nitrogens with two attached hydrogens (primary N) is 3. The first-order valence-electron chi connectivity index (χ1n) is 26.3. The second kappa shape index (κ2) is 34.1. The second-order valence-electron chi connectivity index (χ2n) is 20.1. The summed E-state index contributed by atoms with van der Waals surface area (Å²) in [5, 5.41) is 31.8. The molecule has 0 radical (unpaired) electrons. The number of carbonyl (C=O) groups is 8. The average molecular weight is 1210 g/mol. The third-order valence-electron chi connectivity index (χ3n) is 12.1. The van der Waals surface area contributed by atoms with E-state index in [4.69, 9.17) is 29.6 Å². The number of hydrogen-bond donors (Lipinski definition) is 9. The van der Waals surface area contributed by atoms with Crippen molar-refractivity contribution < 1.29 is 77.8 Å². The summed E-state index contributed by atoms with van der Waals surface area (Å²) in [4.78, 5) is 102. The molecule has 0 bridgehead atoms. The molecule has 3 aromatic carbocycles. The summed E-state index contributed by atoms with van der Waals surface area (Å²) in [5.74, 6) is -2.81. The highest BCUT2D eigenvalue weighted by molar-refractivity contribution is 7.89. The van der Waals surface area contributed by atoms with Crippen LogP contribution in [-0.2, 0) is 68.3 Å². The first-order valence-corrected chi connectivity index (χ1v) is 31.0. The van der Waals surface area contributed by atoms with Crippen LogP contribution < -0.4 is 47.3 Å². The predicted molar refractivity (Wildman–Crippen MR) is 300 cm³/mol. The molecule has 0 heterocycles. The van der Waals surface area contributed by atoms with Gasteiger partial charge in [-0.2, -0.15) is 0 Å². The fraction of sp³-hybridized carbons (Fsp3) is 0.509. The van der Waals surface area contributed by atoms with Crippen molar-refractivity contribution in [2.75, 3.05) is 72.4 Å². The quantitative estimate of drug-likeness (QED) is 0.0282. The van der Waals surface area contributed by atoms with Crippen LogP contribution in [0.5, 0.6) is 0 Å². The number of carbonyl (C=O) groups excluding carboxylic acids is 8. The molecule has 82 heavy (non-hydrogen) atoms. The first kappa shape index (κ1) is 69.7. The van der Waals surface area contributed by atoms with Gasteiger partial charge in [0.2, 0.25) is 53.7 Å². The summed E-state index contributed by atoms with van der Waals surface area (Å²) in [6.07, 6.45) is 1.68.